The van der Waals surface area contributed by atoms with E-state index in [1.165, 1.54) is 11.1 Å². The van der Waals surface area contributed by atoms with Crippen molar-refractivity contribution in [2.75, 3.05) is 11.9 Å². The second-order valence-corrected chi connectivity index (χ2v) is 9.97. The third-order valence-electron chi connectivity index (χ3n) is 5.86. The fraction of sp³-hybridized carbons (Fsp3) is 0.107. The fourth-order valence-corrected chi connectivity index (χ4v) is 5.12. The number of imide groups is 1. The quantitative estimate of drug-likeness (QED) is 0.305. The van der Waals surface area contributed by atoms with Crippen LogP contribution in [0, 0.1) is 6.92 Å². The molecule has 1 fully saturated rings. The van der Waals surface area contributed by atoms with Gasteiger partial charge in [0.1, 0.15) is 6.54 Å². The van der Waals surface area contributed by atoms with Crippen molar-refractivity contribution in [3.63, 3.8) is 0 Å². The van der Waals surface area contributed by atoms with E-state index in [1.54, 1.807) is 30.3 Å². The van der Waals surface area contributed by atoms with E-state index in [1.807, 2.05) is 30.5 Å². The highest BCUT2D eigenvalue weighted by molar-refractivity contribution is 8.18. The third-order valence-corrected chi connectivity index (χ3v) is 7.01. The molecule has 0 aliphatic carbocycles. The van der Waals surface area contributed by atoms with Crippen molar-refractivity contribution in [2.24, 2.45) is 0 Å². The molecule has 8 heteroatoms. The highest BCUT2D eigenvalue weighted by Crippen LogP contribution is 2.34. The van der Waals surface area contributed by atoms with E-state index in [0.29, 0.717) is 17.3 Å². The Morgan fingerprint density at radius 1 is 1.03 bits per heavy atom. The average Bonchev–Trinajstić information content (AvgIpc) is 3.32. The van der Waals surface area contributed by atoms with E-state index in [4.69, 9.17) is 11.6 Å². The maximum atomic E-state index is 13.0. The summed E-state index contributed by atoms with van der Waals surface area (Å²) in [6, 6.07) is 23.0. The minimum absolute atomic E-state index is 0.286. The van der Waals surface area contributed by atoms with Gasteiger partial charge in [0.05, 0.1) is 4.91 Å². The van der Waals surface area contributed by atoms with Crippen LogP contribution in [0.4, 0.5) is 10.5 Å². The number of halogens is 1. The van der Waals surface area contributed by atoms with Gasteiger partial charge in [0.25, 0.3) is 11.1 Å². The average molecular weight is 516 g/mol. The topological polar surface area (TPSA) is 71.4 Å². The molecule has 1 saturated heterocycles. The van der Waals surface area contributed by atoms with Gasteiger partial charge in [-0.2, -0.15) is 0 Å². The number of carbonyl (C=O) groups excluding carboxylic acids is 3. The number of carbonyl (C=O) groups is 3. The lowest BCUT2D eigenvalue weighted by atomic mass is 10.1. The van der Waals surface area contributed by atoms with Crippen LogP contribution >= 0.6 is 23.4 Å². The maximum Gasteiger partial charge on any atom is 0.294 e. The van der Waals surface area contributed by atoms with Crippen LogP contribution in [0.5, 0.6) is 0 Å². The van der Waals surface area contributed by atoms with Crippen molar-refractivity contribution in [1.29, 1.82) is 0 Å². The lowest BCUT2D eigenvalue weighted by molar-refractivity contribution is -0.127. The molecule has 5 rings (SSSR count). The number of rotatable bonds is 6. The molecule has 0 unspecified atom stereocenters. The minimum Gasteiger partial charge on any atom is -0.342 e. The standard InChI is InChI=1S/C28H22ClN3O3S/c1-18-9-11-19(12-10-18)15-31-16-20(23-7-2-3-8-24(23)31)13-25-27(34)32(28(35)36-25)17-26(33)30-22-6-4-5-21(29)14-22/h2-14,16H,15,17H2,1H3,(H,30,33)/b25-13-. The number of nitrogens with zero attached hydrogens (tertiary/aromatic N) is 2. The van der Waals surface area contributed by atoms with Gasteiger partial charge in [0, 0.05) is 39.9 Å². The summed E-state index contributed by atoms with van der Waals surface area (Å²) in [4.78, 5) is 39.3. The lowest BCUT2D eigenvalue weighted by Crippen LogP contribution is -2.36. The van der Waals surface area contributed by atoms with Crippen LogP contribution in [-0.2, 0) is 16.1 Å². The minimum atomic E-state index is -0.485. The Morgan fingerprint density at radius 3 is 2.58 bits per heavy atom. The van der Waals surface area contributed by atoms with Gasteiger partial charge in [-0.3, -0.25) is 19.3 Å². The SMILES string of the molecule is Cc1ccc(Cn2cc(/C=C3\SC(=O)N(CC(=O)Nc4cccc(Cl)c4)C3=O)c3ccccc32)cc1. The molecule has 0 spiro atoms. The molecule has 3 aromatic carbocycles. The van der Waals surface area contributed by atoms with Gasteiger partial charge in [-0.05, 0) is 54.6 Å². The molecule has 180 valence electrons. The van der Waals surface area contributed by atoms with E-state index in [2.05, 4.69) is 41.1 Å². The van der Waals surface area contributed by atoms with Crippen LogP contribution in [0.15, 0.2) is 83.9 Å². The summed E-state index contributed by atoms with van der Waals surface area (Å²) >= 11 is 6.79. The van der Waals surface area contributed by atoms with E-state index in [0.717, 1.165) is 33.1 Å². The number of para-hydroxylation sites is 1. The zero-order valence-electron chi connectivity index (χ0n) is 19.4. The van der Waals surface area contributed by atoms with Gasteiger partial charge >= 0.3 is 0 Å². The van der Waals surface area contributed by atoms with Crippen LogP contribution in [0.3, 0.4) is 0 Å². The molecule has 3 amide bonds. The predicted octanol–water partition coefficient (Wildman–Crippen LogP) is 6.33. The van der Waals surface area contributed by atoms with E-state index in [-0.39, 0.29) is 11.4 Å². The first-order valence-corrected chi connectivity index (χ1v) is 12.5. The van der Waals surface area contributed by atoms with E-state index in [9.17, 15) is 14.4 Å². The van der Waals surface area contributed by atoms with Crippen LogP contribution in [0.25, 0.3) is 17.0 Å². The molecule has 0 bridgehead atoms. The molecule has 1 N–H and O–H groups in total. The Morgan fingerprint density at radius 2 is 1.81 bits per heavy atom. The summed E-state index contributed by atoms with van der Waals surface area (Å²) in [5, 5.41) is 3.65. The summed E-state index contributed by atoms with van der Waals surface area (Å²) in [7, 11) is 0. The zero-order chi connectivity index (χ0) is 25.2. The third kappa shape index (κ3) is 5.08. The molecule has 1 aliphatic rings. The maximum absolute atomic E-state index is 13.0. The van der Waals surface area contributed by atoms with Crippen molar-refractivity contribution in [3.05, 3.63) is 106 Å². The molecule has 0 saturated carbocycles. The Labute approximate surface area is 217 Å². The van der Waals surface area contributed by atoms with Crippen LogP contribution in [0.1, 0.15) is 16.7 Å². The summed E-state index contributed by atoms with van der Waals surface area (Å²) in [6.45, 7) is 2.37. The Hall–Kier alpha value is -3.81. The van der Waals surface area contributed by atoms with Gasteiger partial charge in [-0.1, -0.05) is 65.7 Å². The molecular weight excluding hydrogens is 494 g/mol. The first kappa shape index (κ1) is 23.9. The Kier molecular flexibility index (Phi) is 6.67. The number of hydrogen-bond donors (Lipinski definition) is 1. The van der Waals surface area contributed by atoms with Crippen molar-refractivity contribution in [2.45, 2.75) is 13.5 Å². The summed E-state index contributed by atoms with van der Waals surface area (Å²) in [6.07, 6.45) is 3.72. The number of aromatic nitrogens is 1. The Balaban J connectivity index is 1.37. The zero-order valence-corrected chi connectivity index (χ0v) is 21.0. The molecule has 0 radical (unpaired) electrons. The Bertz CT molecular complexity index is 1520. The van der Waals surface area contributed by atoms with Gasteiger partial charge in [0.2, 0.25) is 5.91 Å². The second kappa shape index (κ2) is 10.0. The van der Waals surface area contributed by atoms with Gasteiger partial charge in [-0.15, -0.1) is 0 Å². The number of benzene rings is 3. The second-order valence-electron chi connectivity index (χ2n) is 8.54. The number of amides is 3. The van der Waals surface area contributed by atoms with E-state index >= 15 is 0 Å². The predicted molar refractivity (Wildman–Crippen MR) is 145 cm³/mol. The van der Waals surface area contributed by atoms with Crippen molar-refractivity contribution < 1.29 is 14.4 Å². The first-order chi connectivity index (χ1) is 17.4. The van der Waals surface area contributed by atoms with Crippen molar-refractivity contribution >= 4 is 63.1 Å². The molecule has 36 heavy (non-hydrogen) atoms. The van der Waals surface area contributed by atoms with Crippen molar-refractivity contribution in [1.82, 2.24) is 9.47 Å². The molecule has 0 atom stereocenters. The number of hydrogen-bond acceptors (Lipinski definition) is 4. The van der Waals surface area contributed by atoms with E-state index < -0.39 is 17.1 Å². The number of fused-ring (bicyclic) bond motifs is 1. The number of thioether (sulfide) groups is 1. The molecule has 2 heterocycles. The highest BCUT2D eigenvalue weighted by atomic mass is 35.5. The summed E-state index contributed by atoms with van der Waals surface area (Å²) in [5.41, 5.74) is 4.74. The lowest BCUT2D eigenvalue weighted by Gasteiger charge is -2.12. The van der Waals surface area contributed by atoms with Crippen LogP contribution in [-0.4, -0.2) is 33.1 Å². The molecule has 4 aromatic rings. The normalized spacial score (nSPS) is 14.7. The number of nitrogens with one attached hydrogen (secondary N) is 1. The summed E-state index contributed by atoms with van der Waals surface area (Å²) in [5.74, 6) is -0.961. The molecule has 1 aromatic heterocycles. The number of anilines is 1. The number of aryl methyl sites for hydroxylation is 1. The molecular formula is C28H22ClN3O3S. The van der Waals surface area contributed by atoms with Crippen LogP contribution < -0.4 is 5.32 Å². The van der Waals surface area contributed by atoms with Crippen LogP contribution in [0.2, 0.25) is 5.02 Å². The van der Waals surface area contributed by atoms with Crippen molar-refractivity contribution in [3.8, 4) is 0 Å². The van der Waals surface area contributed by atoms with Gasteiger partial charge in [0.15, 0.2) is 0 Å². The van der Waals surface area contributed by atoms with Gasteiger partial charge < -0.3 is 9.88 Å². The molecule has 6 nitrogen and oxygen atoms in total. The summed E-state index contributed by atoms with van der Waals surface area (Å²) < 4.78 is 2.13. The largest absolute Gasteiger partial charge is 0.342 e. The van der Waals surface area contributed by atoms with Gasteiger partial charge in [-0.25, -0.2) is 0 Å². The molecule has 1 aliphatic heterocycles. The first-order valence-electron chi connectivity index (χ1n) is 11.3. The fourth-order valence-electron chi connectivity index (χ4n) is 4.10. The monoisotopic (exact) mass is 515 g/mol. The smallest absolute Gasteiger partial charge is 0.294 e. The highest BCUT2D eigenvalue weighted by Gasteiger charge is 2.36.